The second-order valence-corrected chi connectivity index (χ2v) is 8.79. The van der Waals surface area contributed by atoms with Crippen LogP contribution >= 0.6 is 34.5 Å². The van der Waals surface area contributed by atoms with Gasteiger partial charge in [0.25, 0.3) is 0 Å². The molecule has 1 aliphatic rings. The van der Waals surface area contributed by atoms with Crippen LogP contribution in [0.1, 0.15) is 29.3 Å². The highest BCUT2D eigenvalue weighted by molar-refractivity contribution is 7.14. The van der Waals surface area contributed by atoms with Gasteiger partial charge in [-0.05, 0) is 49.2 Å². The van der Waals surface area contributed by atoms with E-state index >= 15 is 0 Å². The molecule has 0 fully saturated rings. The predicted molar refractivity (Wildman–Crippen MR) is 128 cm³/mol. The zero-order chi connectivity index (χ0) is 23.0. The molecule has 0 atom stereocenters. The lowest BCUT2D eigenvalue weighted by Gasteiger charge is -2.22. The van der Waals surface area contributed by atoms with E-state index in [4.69, 9.17) is 27.9 Å². The lowest BCUT2D eigenvalue weighted by atomic mass is 10.1. The topological polar surface area (TPSA) is 71.9 Å². The molecule has 9 heteroatoms. The number of aromatic nitrogens is 1. The van der Waals surface area contributed by atoms with Crippen LogP contribution in [0.2, 0.25) is 10.0 Å². The molecule has 1 aliphatic heterocycles. The van der Waals surface area contributed by atoms with Crippen molar-refractivity contribution in [3.8, 4) is 0 Å². The Balaban J connectivity index is 1.68. The number of hydrogen-bond acceptors (Lipinski definition) is 6. The molecule has 3 aromatic rings. The van der Waals surface area contributed by atoms with Gasteiger partial charge in [-0.3, -0.25) is 9.69 Å². The summed E-state index contributed by atoms with van der Waals surface area (Å²) in [6.45, 7) is 5.38. The summed E-state index contributed by atoms with van der Waals surface area (Å²) in [7, 11) is 0. The number of carbonyl (C=O) groups excluding carboxylic acids is 2. The third-order valence-electron chi connectivity index (χ3n) is 4.75. The van der Waals surface area contributed by atoms with Gasteiger partial charge in [0.15, 0.2) is 10.8 Å². The van der Waals surface area contributed by atoms with Crippen molar-refractivity contribution < 1.29 is 14.3 Å². The molecule has 0 radical (unpaired) electrons. The number of para-hydroxylation sites is 1. The van der Waals surface area contributed by atoms with Crippen LogP contribution in [0.15, 0.2) is 52.5 Å². The van der Waals surface area contributed by atoms with Gasteiger partial charge in [-0.2, -0.15) is 0 Å². The molecule has 162 valence electrons. The summed E-state index contributed by atoms with van der Waals surface area (Å²) in [5.41, 5.74) is 3.76. The van der Waals surface area contributed by atoms with Crippen LogP contribution in [-0.4, -0.2) is 22.8 Å². The van der Waals surface area contributed by atoms with Crippen LogP contribution < -0.4 is 4.90 Å². The molecule has 0 N–H and O–H groups in total. The van der Waals surface area contributed by atoms with Gasteiger partial charge in [-0.15, -0.1) is 11.3 Å². The average Bonchev–Trinajstić information content (AvgIpc) is 3.31. The largest absolute Gasteiger partial charge is 0.402 e. The molecule has 0 unspecified atom stereocenters. The molecular weight excluding hydrogens is 469 g/mol. The fourth-order valence-corrected chi connectivity index (χ4v) is 4.64. The highest BCUT2D eigenvalue weighted by Gasteiger charge is 2.27. The molecule has 2 heterocycles. The Morgan fingerprint density at radius 3 is 2.53 bits per heavy atom. The van der Waals surface area contributed by atoms with Crippen molar-refractivity contribution in [2.24, 2.45) is 4.99 Å². The number of carbonyl (C=O) groups is 2. The maximum Gasteiger partial charge on any atom is 0.363 e. The van der Waals surface area contributed by atoms with Gasteiger partial charge in [0, 0.05) is 17.3 Å². The van der Waals surface area contributed by atoms with Crippen molar-refractivity contribution >= 4 is 69.2 Å². The maximum absolute atomic E-state index is 12.5. The molecule has 1 aromatic heterocycles. The van der Waals surface area contributed by atoms with Crippen molar-refractivity contribution in [1.82, 2.24) is 4.98 Å². The van der Waals surface area contributed by atoms with Crippen molar-refractivity contribution in [3.05, 3.63) is 79.9 Å². The number of rotatable bonds is 4. The monoisotopic (exact) mass is 485 g/mol. The van der Waals surface area contributed by atoms with Gasteiger partial charge < -0.3 is 4.74 Å². The van der Waals surface area contributed by atoms with Crippen LogP contribution in [-0.2, 0) is 14.3 Å². The van der Waals surface area contributed by atoms with Crippen LogP contribution in [0.25, 0.3) is 6.08 Å². The fraction of sp³-hybridized carbons (Fsp3) is 0.130. The summed E-state index contributed by atoms with van der Waals surface area (Å²) < 4.78 is 5.27. The van der Waals surface area contributed by atoms with E-state index < -0.39 is 5.97 Å². The summed E-state index contributed by atoms with van der Waals surface area (Å²) in [4.78, 5) is 35.2. The van der Waals surface area contributed by atoms with E-state index in [2.05, 4.69) is 9.98 Å². The second-order valence-electron chi connectivity index (χ2n) is 7.11. The lowest BCUT2D eigenvalue weighted by molar-refractivity contribution is -0.130. The number of amides is 1. The fourth-order valence-electron chi connectivity index (χ4n) is 3.32. The first kappa shape index (κ1) is 22.2. The zero-order valence-electron chi connectivity index (χ0n) is 17.3. The summed E-state index contributed by atoms with van der Waals surface area (Å²) in [6, 6.07) is 10.7. The number of nitrogens with zero attached hydrogens (tertiary/aromatic N) is 3. The minimum atomic E-state index is -0.612. The Morgan fingerprint density at radius 2 is 1.88 bits per heavy atom. The first-order chi connectivity index (χ1) is 15.2. The minimum Gasteiger partial charge on any atom is -0.402 e. The van der Waals surface area contributed by atoms with Gasteiger partial charge in [0.2, 0.25) is 11.8 Å². The van der Waals surface area contributed by atoms with E-state index in [1.54, 1.807) is 28.5 Å². The summed E-state index contributed by atoms with van der Waals surface area (Å²) >= 11 is 13.4. The first-order valence-corrected chi connectivity index (χ1v) is 11.2. The van der Waals surface area contributed by atoms with Gasteiger partial charge >= 0.3 is 5.97 Å². The zero-order valence-corrected chi connectivity index (χ0v) is 19.7. The normalized spacial score (nSPS) is 14.5. The number of anilines is 2. The van der Waals surface area contributed by atoms with Crippen molar-refractivity contribution in [2.45, 2.75) is 20.8 Å². The minimum absolute atomic E-state index is 0.0873. The van der Waals surface area contributed by atoms with Gasteiger partial charge in [-0.25, -0.2) is 14.8 Å². The van der Waals surface area contributed by atoms with Crippen LogP contribution in [0.5, 0.6) is 0 Å². The number of aryl methyl sites for hydroxylation is 2. The van der Waals surface area contributed by atoms with Crippen LogP contribution in [0.3, 0.4) is 0 Å². The van der Waals surface area contributed by atoms with E-state index in [1.807, 2.05) is 32.0 Å². The van der Waals surface area contributed by atoms with E-state index in [0.29, 0.717) is 26.4 Å². The van der Waals surface area contributed by atoms with Gasteiger partial charge in [0.05, 0.1) is 22.0 Å². The second kappa shape index (κ2) is 8.86. The molecule has 0 bridgehead atoms. The SMILES string of the molecule is CC(=O)N(c1nc(C=C2N=C(c3ccc(Cl)cc3Cl)OC2=O)cs1)c1c(C)cccc1C. The van der Waals surface area contributed by atoms with E-state index in [-0.39, 0.29) is 17.5 Å². The number of benzene rings is 2. The third kappa shape index (κ3) is 4.32. The average molecular weight is 486 g/mol. The molecule has 0 spiro atoms. The van der Waals surface area contributed by atoms with Crippen LogP contribution in [0.4, 0.5) is 10.8 Å². The molecule has 32 heavy (non-hydrogen) atoms. The molecular formula is C23H17Cl2N3O3S. The number of thiazole rings is 1. The highest BCUT2D eigenvalue weighted by Crippen LogP contribution is 2.34. The Kier molecular flexibility index (Phi) is 6.15. The highest BCUT2D eigenvalue weighted by atomic mass is 35.5. The van der Waals surface area contributed by atoms with Gasteiger partial charge in [0.1, 0.15) is 0 Å². The maximum atomic E-state index is 12.5. The van der Waals surface area contributed by atoms with E-state index in [1.165, 1.54) is 24.3 Å². The number of hydrogen-bond donors (Lipinski definition) is 0. The molecule has 2 aromatic carbocycles. The summed E-state index contributed by atoms with van der Waals surface area (Å²) in [5, 5.41) is 3.04. The molecule has 0 saturated carbocycles. The summed E-state index contributed by atoms with van der Waals surface area (Å²) in [5.74, 6) is -0.674. The standard InChI is InChI=1S/C23H17Cl2N3O3S/c1-12-5-4-6-13(2)20(12)28(14(3)29)23-26-16(11-32-23)10-19-22(30)31-21(27-19)17-8-7-15(24)9-18(17)25/h4-11H,1-3H3. The van der Waals surface area contributed by atoms with Crippen molar-refractivity contribution in [2.75, 3.05) is 4.90 Å². The molecule has 1 amide bonds. The van der Waals surface area contributed by atoms with E-state index in [9.17, 15) is 9.59 Å². The Bertz CT molecular complexity index is 1290. The van der Waals surface area contributed by atoms with Crippen molar-refractivity contribution in [3.63, 3.8) is 0 Å². The quantitative estimate of drug-likeness (QED) is 0.330. The molecule has 0 saturated heterocycles. The number of ether oxygens (including phenoxy) is 1. The Hall–Kier alpha value is -3.00. The van der Waals surface area contributed by atoms with Crippen LogP contribution in [0, 0.1) is 13.8 Å². The summed E-state index contributed by atoms with van der Waals surface area (Å²) in [6.07, 6.45) is 1.52. The number of halogens is 2. The lowest BCUT2D eigenvalue weighted by Crippen LogP contribution is -2.24. The number of cyclic esters (lactones) is 1. The molecule has 6 nitrogen and oxygen atoms in total. The molecule has 4 rings (SSSR count). The smallest absolute Gasteiger partial charge is 0.363 e. The Labute approximate surface area is 198 Å². The van der Waals surface area contributed by atoms with Gasteiger partial charge in [-0.1, -0.05) is 41.4 Å². The number of aliphatic imine (C=N–C) groups is 1. The van der Waals surface area contributed by atoms with Crippen molar-refractivity contribution in [1.29, 1.82) is 0 Å². The molecule has 0 aliphatic carbocycles. The third-order valence-corrected chi connectivity index (χ3v) is 6.14. The first-order valence-electron chi connectivity index (χ1n) is 9.55. The predicted octanol–water partition coefficient (Wildman–Crippen LogP) is 6.10. The number of esters is 1. The van der Waals surface area contributed by atoms with E-state index in [0.717, 1.165) is 16.8 Å². The Morgan fingerprint density at radius 1 is 1.16 bits per heavy atom.